The number of nitrogens with one attached hydrogen (secondary N) is 1. The van der Waals surface area contributed by atoms with Gasteiger partial charge < -0.3 is 10.1 Å². The Kier molecular flexibility index (Phi) is 4.50. The highest BCUT2D eigenvalue weighted by Gasteiger charge is 2.01. The normalized spacial score (nSPS) is 9.67. The maximum Gasteiger partial charge on any atom is 0.226 e. The van der Waals surface area contributed by atoms with Gasteiger partial charge in [-0.2, -0.15) is 0 Å². The molecule has 0 aliphatic rings. The summed E-state index contributed by atoms with van der Waals surface area (Å²) in [7, 11) is 1.54. The Morgan fingerprint density at radius 1 is 1.53 bits per heavy atom. The fourth-order valence-electron chi connectivity index (χ4n) is 1.11. The Morgan fingerprint density at radius 3 is 3.00 bits per heavy atom. The molecule has 0 aliphatic heterocycles. The lowest BCUT2D eigenvalue weighted by Gasteiger charge is -2.04. The number of aldehydes is 1. The lowest BCUT2D eigenvalue weighted by molar-refractivity contribution is -0.117. The molecule has 1 amide bonds. The molecule has 0 aromatic heterocycles. The zero-order valence-electron chi connectivity index (χ0n) is 8.53. The molecule has 0 spiro atoms. The van der Waals surface area contributed by atoms with Crippen LogP contribution < -0.4 is 5.32 Å². The van der Waals surface area contributed by atoms with Crippen molar-refractivity contribution < 1.29 is 14.3 Å². The number of amides is 1. The Balaban J connectivity index is 2.56. The van der Waals surface area contributed by atoms with Crippen LogP contribution in [0.1, 0.15) is 16.8 Å². The van der Waals surface area contributed by atoms with E-state index < -0.39 is 0 Å². The summed E-state index contributed by atoms with van der Waals surface area (Å²) in [5.41, 5.74) is 1.17. The second-order valence-electron chi connectivity index (χ2n) is 3.03. The number of rotatable bonds is 5. The maximum absolute atomic E-state index is 11.3. The topological polar surface area (TPSA) is 55.4 Å². The fourth-order valence-corrected chi connectivity index (χ4v) is 1.11. The smallest absolute Gasteiger partial charge is 0.226 e. The predicted octanol–water partition coefficient (Wildman–Crippen LogP) is 1.47. The van der Waals surface area contributed by atoms with Crippen molar-refractivity contribution in [3.8, 4) is 0 Å². The van der Waals surface area contributed by atoms with Crippen LogP contribution in [-0.4, -0.2) is 25.9 Å². The predicted molar refractivity (Wildman–Crippen MR) is 57.0 cm³/mol. The highest BCUT2D eigenvalue weighted by Crippen LogP contribution is 2.09. The van der Waals surface area contributed by atoms with Gasteiger partial charge in [-0.25, -0.2) is 0 Å². The van der Waals surface area contributed by atoms with Crippen LogP contribution in [0.15, 0.2) is 24.3 Å². The number of carbonyl (C=O) groups is 2. The number of hydrogen-bond acceptors (Lipinski definition) is 3. The first-order chi connectivity index (χ1) is 7.26. The van der Waals surface area contributed by atoms with E-state index >= 15 is 0 Å². The monoisotopic (exact) mass is 207 g/mol. The highest BCUT2D eigenvalue weighted by atomic mass is 16.5. The van der Waals surface area contributed by atoms with Crippen molar-refractivity contribution in [2.45, 2.75) is 6.42 Å². The molecule has 1 rings (SSSR count). The van der Waals surface area contributed by atoms with Gasteiger partial charge >= 0.3 is 0 Å². The molecule has 1 aromatic carbocycles. The van der Waals surface area contributed by atoms with Crippen LogP contribution in [-0.2, 0) is 9.53 Å². The average Bonchev–Trinajstić information content (AvgIpc) is 2.26. The zero-order valence-corrected chi connectivity index (χ0v) is 8.53. The minimum Gasteiger partial charge on any atom is -0.384 e. The number of benzene rings is 1. The molecule has 80 valence electrons. The number of ether oxygens (including phenoxy) is 1. The van der Waals surface area contributed by atoms with Gasteiger partial charge in [0.2, 0.25) is 5.91 Å². The van der Waals surface area contributed by atoms with Crippen LogP contribution in [0.25, 0.3) is 0 Å². The molecule has 0 aliphatic carbocycles. The fraction of sp³-hybridized carbons (Fsp3) is 0.273. The largest absolute Gasteiger partial charge is 0.384 e. The summed E-state index contributed by atoms with van der Waals surface area (Å²) in [6, 6.07) is 6.75. The minimum atomic E-state index is -0.125. The molecule has 15 heavy (non-hydrogen) atoms. The first-order valence-corrected chi connectivity index (χ1v) is 4.60. The Labute approximate surface area is 88.2 Å². The third-order valence-corrected chi connectivity index (χ3v) is 1.84. The average molecular weight is 207 g/mol. The molecule has 0 saturated carbocycles. The van der Waals surface area contributed by atoms with Crippen molar-refractivity contribution in [1.82, 2.24) is 0 Å². The number of methoxy groups -OCH3 is 1. The number of hydrogen-bond donors (Lipinski definition) is 1. The van der Waals surface area contributed by atoms with Gasteiger partial charge in [0.05, 0.1) is 13.0 Å². The molecule has 4 heteroatoms. The number of carbonyl (C=O) groups excluding carboxylic acids is 2. The molecule has 4 nitrogen and oxygen atoms in total. The lowest BCUT2D eigenvalue weighted by Crippen LogP contribution is -2.13. The molecular formula is C11H13NO3. The van der Waals surface area contributed by atoms with Gasteiger partial charge in [-0.1, -0.05) is 12.1 Å². The Morgan fingerprint density at radius 2 is 2.33 bits per heavy atom. The molecule has 0 saturated heterocycles. The van der Waals surface area contributed by atoms with Crippen molar-refractivity contribution in [2.75, 3.05) is 19.0 Å². The maximum atomic E-state index is 11.3. The Bertz CT molecular complexity index is 349. The zero-order chi connectivity index (χ0) is 11.1. The minimum absolute atomic E-state index is 0.125. The molecule has 0 heterocycles. The van der Waals surface area contributed by atoms with Crippen molar-refractivity contribution in [2.24, 2.45) is 0 Å². The van der Waals surface area contributed by atoms with Crippen LogP contribution in [0.3, 0.4) is 0 Å². The third-order valence-electron chi connectivity index (χ3n) is 1.84. The standard InChI is InChI=1S/C11H13NO3/c1-15-6-5-11(14)12-10-4-2-3-9(7-10)8-13/h2-4,7-8H,5-6H2,1H3,(H,12,14). The Hall–Kier alpha value is -1.68. The lowest BCUT2D eigenvalue weighted by atomic mass is 10.2. The second kappa shape index (κ2) is 5.93. The molecule has 1 aromatic rings. The van der Waals surface area contributed by atoms with Crippen LogP contribution in [0.5, 0.6) is 0 Å². The van der Waals surface area contributed by atoms with Gasteiger partial charge in [0.15, 0.2) is 0 Å². The van der Waals surface area contributed by atoms with Crippen molar-refractivity contribution in [1.29, 1.82) is 0 Å². The van der Waals surface area contributed by atoms with Crippen LogP contribution in [0, 0.1) is 0 Å². The van der Waals surface area contributed by atoms with Gasteiger partial charge in [-0.05, 0) is 12.1 Å². The van der Waals surface area contributed by atoms with Gasteiger partial charge in [-0.3, -0.25) is 9.59 Å². The van der Waals surface area contributed by atoms with E-state index in [1.165, 1.54) is 0 Å². The van der Waals surface area contributed by atoms with Gasteiger partial charge in [-0.15, -0.1) is 0 Å². The van der Waals surface area contributed by atoms with E-state index in [0.717, 1.165) is 6.29 Å². The molecule has 0 bridgehead atoms. The SMILES string of the molecule is COCCC(=O)Nc1cccc(C=O)c1. The van der Waals surface area contributed by atoms with Gasteiger partial charge in [0, 0.05) is 18.4 Å². The van der Waals surface area contributed by atoms with Crippen molar-refractivity contribution in [3.05, 3.63) is 29.8 Å². The van der Waals surface area contributed by atoms with E-state index in [4.69, 9.17) is 4.74 Å². The van der Waals surface area contributed by atoms with Crippen LogP contribution in [0.4, 0.5) is 5.69 Å². The highest BCUT2D eigenvalue weighted by molar-refractivity contribution is 5.91. The van der Waals surface area contributed by atoms with E-state index in [-0.39, 0.29) is 5.91 Å². The van der Waals surface area contributed by atoms with E-state index in [1.807, 2.05) is 0 Å². The number of anilines is 1. The van der Waals surface area contributed by atoms with Crippen LogP contribution >= 0.6 is 0 Å². The molecular weight excluding hydrogens is 194 g/mol. The van der Waals surface area contributed by atoms with Gasteiger partial charge in [0.1, 0.15) is 6.29 Å². The summed E-state index contributed by atoms with van der Waals surface area (Å²) >= 11 is 0. The summed E-state index contributed by atoms with van der Waals surface area (Å²) in [6.07, 6.45) is 1.05. The van der Waals surface area contributed by atoms with E-state index in [2.05, 4.69) is 5.32 Å². The summed E-state index contributed by atoms with van der Waals surface area (Å²) in [4.78, 5) is 21.8. The summed E-state index contributed by atoms with van der Waals surface area (Å²) in [5, 5.41) is 2.67. The molecule has 0 fully saturated rings. The molecule has 0 radical (unpaired) electrons. The second-order valence-corrected chi connectivity index (χ2v) is 3.03. The third kappa shape index (κ3) is 3.91. The van der Waals surface area contributed by atoms with Crippen LogP contribution in [0.2, 0.25) is 0 Å². The van der Waals surface area contributed by atoms with E-state index in [1.54, 1.807) is 31.4 Å². The first-order valence-electron chi connectivity index (χ1n) is 4.60. The summed E-state index contributed by atoms with van der Waals surface area (Å²) < 4.78 is 4.78. The van der Waals surface area contributed by atoms with E-state index in [9.17, 15) is 9.59 Å². The van der Waals surface area contributed by atoms with E-state index in [0.29, 0.717) is 24.3 Å². The van der Waals surface area contributed by atoms with Crippen molar-refractivity contribution >= 4 is 17.9 Å². The summed E-state index contributed by atoms with van der Waals surface area (Å²) in [6.45, 7) is 0.388. The quantitative estimate of drug-likeness (QED) is 0.744. The molecule has 0 atom stereocenters. The molecule has 1 N–H and O–H groups in total. The van der Waals surface area contributed by atoms with Gasteiger partial charge in [0.25, 0.3) is 0 Å². The van der Waals surface area contributed by atoms with Crippen molar-refractivity contribution in [3.63, 3.8) is 0 Å². The first kappa shape index (κ1) is 11.4. The molecule has 0 unspecified atom stereocenters. The summed E-state index contributed by atoms with van der Waals surface area (Å²) in [5.74, 6) is -0.125.